The largest absolute Gasteiger partial charge is 0.394 e. The van der Waals surface area contributed by atoms with E-state index >= 15 is 0 Å². The number of aryl methyl sites for hydroxylation is 1. The normalized spacial score (nSPS) is 28.5. The van der Waals surface area contributed by atoms with Crippen LogP contribution in [0.2, 0.25) is 0 Å². The third-order valence-corrected chi connectivity index (χ3v) is 3.93. The molecule has 1 aromatic heterocycles. The molecule has 17 heavy (non-hydrogen) atoms. The van der Waals surface area contributed by atoms with Crippen molar-refractivity contribution in [1.29, 1.82) is 0 Å². The van der Waals surface area contributed by atoms with Gasteiger partial charge in [-0.15, -0.1) is 0 Å². The van der Waals surface area contributed by atoms with Crippen LogP contribution in [0.3, 0.4) is 0 Å². The van der Waals surface area contributed by atoms with Gasteiger partial charge in [0.25, 0.3) is 0 Å². The summed E-state index contributed by atoms with van der Waals surface area (Å²) in [5, 5.41) is 13.8. The van der Waals surface area contributed by atoms with Gasteiger partial charge in [0.05, 0.1) is 31.1 Å². The number of aromatic nitrogens is 2. The predicted octanol–water partition coefficient (Wildman–Crippen LogP) is 2.02. The minimum Gasteiger partial charge on any atom is -0.394 e. The third-order valence-electron chi connectivity index (χ3n) is 3.93. The molecule has 96 valence electrons. The number of aliphatic hydroxyl groups is 1. The van der Waals surface area contributed by atoms with Gasteiger partial charge in [-0.1, -0.05) is 20.8 Å². The van der Waals surface area contributed by atoms with E-state index < -0.39 is 0 Å². The first-order valence-electron chi connectivity index (χ1n) is 6.36. The van der Waals surface area contributed by atoms with Gasteiger partial charge in [0.1, 0.15) is 5.60 Å². The van der Waals surface area contributed by atoms with Crippen LogP contribution in [0.15, 0.2) is 6.20 Å². The quantitative estimate of drug-likeness (QED) is 0.876. The Kier molecular flexibility index (Phi) is 3.27. The molecule has 1 N–H and O–H groups in total. The molecule has 1 aliphatic rings. The smallest absolute Gasteiger partial charge is 0.112 e. The van der Waals surface area contributed by atoms with E-state index in [4.69, 9.17) is 4.74 Å². The molecule has 0 saturated carbocycles. The second-order valence-electron chi connectivity index (χ2n) is 5.17. The summed E-state index contributed by atoms with van der Waals surface area (Å²) in [7, 11) is 0. The maximum atomic E-state index is 9.39. The van der Waals surface area contributed by atoms with E-state index in [0.717, 1.165) is 17.7 Å². The van der Waals surface area contributed by atoms with Crippen LogP contribution in [-0.2, 0) is 10.3 Å². The van der Waals surface area contributed by atoms with E-state index in [1.54, 1.807) is 0 Å². The first kappa shape index (κ1) is 12.6. The molecule has 0 fully saturated rings. The van der Waals surface area contributed by atoms with Crippen molar-refractivity contribution in [3.8, 4) is 0 Å². The van der Waals surface area contributed by atoms with Crippen molar-refractivity contribution in [3.63, 3.8) is 0 Å². The first-order valence-corrected chi connectivity index (χ1v) is 6.36. The lowest BCUT2D eigenvalue weighted by molar-refractivity contribution is -0.131. The summed E-state index contributed by atoms with van der Waals surface area (Å²) >= 11 is 0. The van der Waals surface area contributed by atoms with Crippen molar-refractivity contribution in [2.45, 2.75) is 45.8 Å². The van der Waals surface area contributed by atoms with E-state index in [9.17, 15) is 5.11 Å². The summed E-state index contributed by atoms with van der Waals surface area (Å²) in [5.74, 6) is 0.390. The highest BCUT2D eigenvalue weighted by Gasteiger charge is 2.44. The molecule has 4 heteroatoms. The van der Waals surface area contributed by atoms with Gasteiger partial charge in [0.15, 0.2) is 0 Å². The second-order valence-corrected chi connectivity index (χ2v) is 5.17. The molecular weight excluding hydrogens is 216 g/mol. The van der Waals surface area contributed by atoms with Crippen molar-refractivity contribution in [2.24, 2.45) is 5.92 Å². The fourth-order valence-electron chi connectivity index (χ4n) is 2.88. The zero-order chi connectivity index (χ0) is 12.6. The minimum atomic E-state index is -0.258. The monoisotopic (exact) mass is 238 g/mol. The summed E-state index contributed by atoms with van der Waals surface area (Å²) in [5.41, 5.74) is 2.03. The molecule has 0 bridgehead atoms. The molecule has 2 heterocycles. The lowest BCUT2D eigenvalue weighted by Crippen LogP contribution is -2.45. The SMILES string of the molecule is CCC1(C(C)C)OCC(CO)n2ncc(C)c21. The highest BCUT2D eigenvalue weighted by Crippen LogP contribution is 2.42. The highest BCUT2D eigenvalue weighted by molar-refractivity contribution is 5.26. The second kappa shape index (κ2) is 4.42. The van der Waals surface area contributed by atoms with Gasteiger partial charge in [-0.25, -0.2) is 0 Å². The van der Waals surface area contributed by atoms with E-state index in [0.29, 0.717) is 12.5 Å². The Morgan fingerprint density at radius 3 is 2.88 bits per heavy atom. The Balaban J connectivity index is 2.56. The standard InChI is InChI=1S/C13H22N2O2/c1-5-13(9(2)3)12-10(4)6-14-15(12)11(7-16)8-17-13/h6,9,11,16H,5,7-8H2,1-4H3. The summed E-state index contributed by atoms with van der Waals surface area (Å²) < 4.78 is 8.09. The molecule has 1 aromatic rings. The van der Waals surface area contributed by atoms with Crippen LogP contribution in [0.25, 0.3) is 0 Å². The molecule has 0 aromatic carbocycles. The van der Waals surface area contributed by atoms with Gasteiger partial charge < -0.3 is 9.84 Å². The molecular formula is C13H22N2O2. The molecule has 2 unspecified atom stereocenters. The Hall–Kier alpha value is -0.870. The number of aliphatic hydroxyl groups excluding tert-OH is 1. The van der Waals surface area contributed by atoms with Gasteiger partial charge in [-0.2, -0.15) is 5.10 Å². The first-order chi connectivity index (χ1) is 8.06. The van der Waals surface area contributed by atoms with Crippen molar-refractivity contribution < 1.29 is 9.84 Å². The van der Waals surface area contributed by atoms with E-state index in [1.165, 1.54) is 0 Å². The van der Waals surface area contributed by atoms with Gasteiger partial charge in [-0.05, 0) is 24.8 Å². The zero-order valence-electron chi connectivity index (χ0n) is 11.1. The molecule has 0 saturated heterocycles. The van der Waals surface area contributed by atoms with Crippen molar-refractivity contribution in [2.75, 3.05) is 13.2 Å². The van der Waals surface area contributed by atoms with Crippen LogP contribution in [0.5, 0.6) is 0 Å². The molecule has 2 atom stereocenters. The molecule has 0 spiro atoms. The minimum absolute atomic E-state index is 0.0443. The highest BCUT2D eigenvalue weighted by atomic mass is 16.5. The van der Waals surface area contributed by atoms with Crippen LogP contribution >= 0.6 is 0 Å². The third kappa shape index (κ3) is 1.70. The zero-order valence-corrected chi connectivity index (χ0v) is 11.1. The molecule has 4 nitrogen and oxygen atoms in total. The maximum Gasteiger partial charge on any atom is 0.112 e. The van der Waals surface area contributed by atoms with Gasteiger partial charge in [-0.3, -0.25) is 4.68 Å². The van der Waals surface area contributed by atoms with Crippen molar-refractivity contribution in [3.05, 3.63) is 17.5 Å². The topological polar surface area (TPSA) is 47.3 Å². The lowest BCUT2D eigenvalue weighted by Gasteiger charge is -2.43. The molecule has 2 rings (SSSR count). The number of nitrogens with zero attached hydrogens (tertiary/aromatic N) is 2. The summed E-state index contributed by atoms with van der Waals surface area (Å²) in [4.78, 5) is 0. The number of ether oxygens (including phenoxy) is 1. The molecule has 0 aliphatic carbocycles. The maximum absolute atomic E-state index is 9.39. The van der Waals surface area contributed by atoms with Crippen LogP contribution in [0.4, 0.5) is 0 Å². The Morgan fingerprint density at radius 2 is 2.35 bits per heavy atom. The van der Waals surface area contributed by atoms with E-state index in [-0.39, 0.29) is 18.2 Å². The van der Waals surface area contributed by atoms with Gasteiger partial charge >= 0.3 is 0 Å². The fraction of sp³-hybridized carbons (Fsp3) is 0.769. The number of hydrogen-bond acceptors (Lipinski definition) is 3. The van der Waals surface area contributed by atoms with Crippen LogP contribution in [0, 0.1) is 12.8 Å². The fourth-order valence-corrected chi connectivity index (χ4v) is 2.88. The Morgan fingerprint density at radius 1 is 1.65 bits per heavy atom. The van der Waals surface area contributed by atoms with Gasteiger partial charge in [0, 0.05) is 0 Å². The predicted molar refractivity (Wildman–Crippen MR) is 65.8 cm³/mol. The van der Waals surface area contributed by atoms with Crippen molar-refractivity contribution in [1.82, 2.24) is 9.78 Å². The number of hydrogen-bond donors (Lipinski definition) is 1. The Labute approximate surface area is 103 Å². The Bertz CT molecular complexity index is 400. The average molecular weight is 238 g/mol. The molecule has 0 amide bonds. The number of fused-ring (bicyclic) bond motifs is 1. The summed E-state index contributed by atoms with van der Waals surface area (Å²) in [6, 6.07) is -0.0443. The summed E-state index contributed by atoms with van der Waals surface area (Å²) in [6.45, 7) is 9.19. The van der Waals surface area contributed by atoms with Gasteiger partial charge in [0.2, 0.25) is 0 Å². The van der Waals surface area contributed by atoms with Crippen LogP contribution in [-0.4, -0.2) is 28.1 Å². The van der Waals surface area contributed by atoms with E-state index in [2.05, 4.69) is 32.8 Å². The lowest BCUT2D eigenvalue weighted by atomic mass is 9.81. The van der Waals surface area contributed by atoms with Crippen molar-refractivity contribution >= 4 is 0 Å². The van der Waals surface area contributed by atoms with Crippen LogP contribution in [0.1, 0.15) is 44.5 Å². The number of rotatable bonds is 3. The van der Waals surface area contributed by atoms with Crippen LogP contribution < -0.4 is 0 Å². The van der Waals surface area contributed by atoms with E-state index in [1.807, 2.05) is 10.9 Å². The molecule has 0 radical (unpaired) electrons. The molecule has 1 aliphatic heterocycles. The summed E-state index contributed by atoms with van der Waals surface area (Å²) in [6.07, 6.45) is 2.80. The average Bonchev–Trinajstić information content (AvgIpc) is 2.71.